The van der Waals surface area contributed by atoms with Gasteiger partial charge in [-0.05, 0) is 25.2 Å². The number of allylic oxidation sites excluding steroid dienone is 3. The van der Waals surface area contributed by atoms with Crippen LogP contribution in [0.25, 0.3) is 0 Å². The fourth-order valence-corrected chi connectivity index (χ4v) is 1.99. The highest BCUT2D eigenvalue weighted by molar-refractivity contribution is 5.14. The van der Waals surface area contributed by atoms with Crippen molar-refractivity contribution < 1.29 is 0 Å². The lowest BCUT2D eigenvalue weighted by Crippen LogP contribution is -1.96. The van der Waals surface area contributed by atoms with Crippen LogP contribution in [0, 0.1) is 5.92 Å². The van der Waals surface area contributed by atoms with E-state index in [2.05, 4.69) is 19.6 Å². The van der Waals surface area contributed by atoms with Gasteiger partial charge in [-0.25, -0.2) is 0 Å². The third-order valence-corrected chi connectivity index (χ3v) is 2.62. The predicted molar refractivity (Wildman–Crippen MR) is 50.5 cm³/mol. The zero-order chi connectivity index (χ0) is 8.10. The Morgan fingerprint density at radius 3 is 2.55 bits per heavy atom. The second-order valence-electron chi connectivity index (χ2n) is 3.31. The summed E-state index contributed by atoms with van der Waals surface area (Å²) in [7, 11) is 0. The van der Waals surface area contributed by atoms with Gasteiger partial charge in [0.1, 0.15) is 0 Å². The molecule has 0 spiro atoms. The van der Waals surface area contributed by atoms with Crippen molar-refractivity contribution in [2.24, 2.45) is 5.92 Å². The van der Waals surface area contributed by atoms with E-state index in [4.69, 9.17) is 0 Å². The van der Waals surface area contributed by atoms with E-state index in [1.54, 1.807) is 5.57 Å². The molecule has 0 bridgehead atoms. The van der Waals surface area contributed by atoms with Gasteiger partial charge < -0.3 is 0 Å². The van der Waals surface area contributed by atoms with Crippen LogP contribution >= 0.6 is 0 Å². The lowest BCUT2D eigenvalue weighted by molar-refractivity contribution is 0.621. The fourth-order valence-electron chi connectivity index (χ4n) is 1.99. The maximum Gasteiger partial charge on any atom is -0.0200 e. The Bertz CT molecular complexity index is 147. The van der Waals surface area contributed by atoms with Crippen molar-refractivity contribution in [3.05, 3.63) is 24.3 Å². The quantitative estimate of drug-likeness (QED) is 0.538. The van der Waals surface area contributed by atoms with E-state index in [9.17, 15) is 0 Å². The van der Waals surface area contributed by atoms with Crippen LogP contribution in [-0.2, 0) is 0 Å². The summed E-state index contributed by atoms with van der Waals surface area (Å²) in [6.07, 6.45) is 11.0. The van der Waals surface area contributed by atoms with Crippen molar-refractivity contribution in [1.29, 1.82) is 0 Å². The molecule has 1 aliphatic carbocycles. The molecular formula is C11H18. The molecule has 0 aliphatic heterocycles. The molecule has 11 heavy (non-hydrogen) atoms. The zero-order valence-electron chi connectivity index (χ0n) is 7.47. The largest absolute Gasteiger partial charge is 0.0991 e. The Hall–Kier alpha value is -0.520. The summed E-state index contributed by atoms with van der Waals surface area (Å²) in [6.45, 7) is 5.99. The molecule has 1 aliphatic rings. The fraction of sp³-hybridized carbons (Fsp3) is 0.636. The van der Waals surface area contributed by atoms with Gasteiger partial charge in [-0.3, -0.25) is 0 Å². The van der Waals surface area contributed by atoms with Gasteiger partial charge >= 0.3 is 0 Å². The van der Waals surface area contributed by atoms with E-state index in [-0.39, 0.29) is 0 Å². The first-order chi connectivity index (χ1) is 5.38. The minimum absolute atomic E-state index is 0.887. The molecule has 0 aromatic rings. The second-order valence-corrected chi connectivity index (χ2v) is 3.31. The van der Waals surface area contributed by atoms with Gasteiger partial charge in [0.2, 0.25) is 0 Å². The van der Waals surface area contributed by atoms with Crippen molar-refractivity contribution in [3.8, 4) is 0 Å². The highest BCUT2D eigenvalue weighted by Gasteiger charge is 2.17. The minimum Gasteiger partial charge on any atom is -0.0991 e. The summed E-state index contributed by atoms with van der Waals surface area (Å²) in [5.74, 6) is 0.887. The molecular weight excluding hydrogens is 132 g/mol. The molecule has 0 aromatic heterocycles. The Morgan fingerprint density at radius 1 is 1.45 bits per heavy atom. The maximum atomic E-state index is 3.74. The Labute approximate surface area is 70.0 Å². The van der Waals surface area contributed by atoms with Gasteiger partial charge in [-0.1, -0.05) is 44.1 Å². The SMILES string of the molecule is C=C/C=C(/CC)C1CCCC1. The topological polar surface area (TPSA) is 0 Å². The van der Waals surface area contributed by atoms with Crippen LogP contribution in [0.1, 0.15) is 39.0 Å². The summed E-state index contributed by atoms with van der Waals surface area (Å²) < 4.78 is 0. The zero-order valence-corrected chi connectivity index (χ0v) is 7.47. The summed E-state index contributed by atoms with van der Waals surface area (Å²) in [5, 5.41) is 0. The first-order valence-electron chi connectivity index (χ1n) is 4.70. The molecule has 0 heteroatoms. The van der Waals surface area contributed by atoms with Gasteiger partial charge in [0, 0.05) is 0 Å². The van der Waals surface area contributed by atoms with E-state index in [0.717, 1.165) is 5.92 Å². The highest BCUT2D eigenvalue weighted by atomic mass is 14.2. The van der Waals surface area contributed by atoms with Crippen LogP contribution in [0.4, 0.5) is 0 Å². The van der Waals surface area contributed by atoms with Crippen molar-refractivity contribution in [1.82, 2.24) is 0 Å². The Morgan fingerprint density at radius 2 is 2.09 bits per heavy atom. The predicted octanol–water partition coefficient (Wildman–Crippen LogP) is 3.70. The van der Waals surface area contributed by atoms with E-state index in [0.29, 0.717) is 0 Å². The van der Waals surface area contributed by atoms with Crippen molar-refractivity contribution in [2.45, 2.75) is 39.0 Å². The third kappa shape index (κ3) is 2.21. The Balaban J connectivity index is 2.53. The van der Waals surface area contributed by atoms with Crippen LogP contribution in [0.3, 0.4) is 0 Å². The van der Waals surface area contributed by atoms with Gasteiger partial charge in [0.25, 0.3) is 0 Å². The average molecular weight is 150 g/mol. The molecule has 1 rings (SSSR count). The van der Waals surface area contributed by atoms with Crippen LogP contribution in [0.2, 0.25) is 0 Å². The molecule has 1 saturated carbocycles. The van der Waals surface area contributed by atoms with E-state index in [1.807, 2.05) is 6.08 Å². The summed E-state index contributed by atoms with van der Waals surface area (Å²) in [5.41, 5.74) is 1.61. The molecule has 0 unspecified atom stereocenters. The molecule has 0 saturated heterocycles. The number of rotatable bonds is 3. The van der Waals surface area contributed by atoms with Gasteiger partial charge in [0.05, 0.1) is 0 Å². The van der Waals surface area contributed by atoms with Crippen LogP contribution < -0.4 is 0 Å². The molecule has 1 fully saturated rings. The summed E-state index contributed by atoms with van der Waals surface area (Å²) in [4.78, 5) is 0. The highest BCUT2D eigenvalue weighted by Crippen LogP contribution is 2.32. The van der Waals surface area contributed by atoms with Gasteiger partial charge in [-0.15, -0.1) is 0 Å². The first-order valence-corrected chi connectivity index (χ1v) is 4.70. The normalized spacial score (nSPS) is 20.6. The lowest BCUT2D eigenvalue weighted by atomic mass is 9.95. The van der Waals surface area contributed by atoms with E-state index >= 15 is 0 Å². The molecule has 0 atom stereocenters. The smallest absolute Gasteiger partial charge is 0.0200 e. The minimum atomic E-state index is 0.887. The average Bonchev–Trinajstić information content (AvgIpc) is 2.52. The maximum absolute atomic E-state index is 3.74. The molecule has 62 valence electrons. The van der Waals surface area contributed by atoms with Crippen LogP contribution in [0.5, 0.6) is 0 Å². The molecule has 0 radical (unpaired) electrons. The Kier molecular flexibility index (Phi) is 3.41. The number of hydrogen-bond acceptors (Lipinski definition) is 0. The summed E-state index contributed by atoms with van der Waals surface area (Å²) >= 11 is 0. The molecule has 0 aromatic carbocycles. The van der Waals surface area contributed by atoms with E-state index in [1.165, 1.54) is 32.1 Å². The van der Waals surface area contributed by atoms with Crippen molar-refractivity contribution >= 4 is 0 Å². The third-order valence-electron chi connectivity index (χ3n) is 2.62. The van der Waals surface area contributed by atoms with Gasteiger partial charge in [0.15, 0.2) is 0 Å². The first kappa shape index (κ1) is 8.58. The summed E-state index contributed by atoms with van der Waals surface area (Å²) in [6, 6.07) is 0. The van der Waals surface area contributed by atoms with E-state index < -0.39 is 0 Å². The molecule has 0 heterocycles. The molecule has 0 N–H and O–H groups in total. The molecule has 0 nitrogen and oxygen atoms in total. The van der Waals surface area contributed by atoms with Crippen molar-refractivity contribution in [3.63, 3.8) is 0 Å². The standard InChI is InChI=1S/C11H18/c1-3-7-10(4-2)11-8-5-6-9-11/h3,7,11H,1,4-6,8-9H2,2H3/b10-7-. The lowest BCUT2D eigenvalue weighted by Gasteiger charge is -2.11. The molecule has 0 amide bonds. The number of hydrogen-bond donors (Lipinski definition) is 0. The second kappa shape index (κ2) is 4.38. The van der Waals surface area contributed by atoms with Crippen LogP contribution in [0.15, 0.2) is 24.3 Å². The van der Waals surface area contributed by atoms with Crippen molar-refractivity contribution in [2.75, 3.05) is 0 Å². The van der Waals surface area contributed by atoms with Crippen LogP contribution in [-0.4, -0.2) is 0 Å². The van der Waals surface area contributed by atoms with Gasteiger partial charge in [-0.2, -0.15) is 0 Å². The monoisotopic (exact) mass is 150 g/mol.